The third kappa shape index (κ3) is 2.78. The Bertz CT molecular complexity index is 633. The van der Waals surface area contributed by atoms with Crippen LogP contribution in [0, 0.1) is 5.82 Å². The van der Waals surface area contributed by atoms with Gasteiger partial charge in [0, 0.05) is 19.6 Å². The Morgan fingerprint density at radius 2 is 2.19 bits per heavy atom. The van der Waals surface area contributed by atoms with Crippen LogP contribution in [0.2, 0.25) is 0 Å². The fourth-order valence-corrected chi connectivity index (χ4v) is 2.40. The van der Waals surface area contributed by atoms with E-state index in [1.54, 1.807) is 30.3 Å². The van der Waals surface area contributed by atoms with E-state index in [0.717, 1.165) is 19.5 Å². The van der Waals surface area contributed by atoms with Gasteiger partial charge in [-0.3, -0.25) is 4.79 Å². The molecule has 2 heterocycles. The summed E-state index contributed by atoms with van der Waals surface area (Å²) in [6.45, 7) is 1.72. The van der Waals surface area contributed by atoms with Gasteiger partial charge in [0.25, 0.3) is 5.91 Å². The van der Waals surface area contributed by atoms with Crippen LogP contribution in [0.1, 0.15) is 16.9 Å². The van der Waals surface area contributed by atoms with Crippen LogP contribution in [0.4, 0.5) is 4.39 Å². The molecule has 1 atom stereocenters. The van der Waals surface area contributed by atoms with E-state index < -0.39 is 0 Å². The molecule has 7 heteroatoms. The highest BCUT2D eigenvalue weighted by molar-refractivity contribution is 5.92. The van der Waals surface area contributed by atoms with Gasteiger partial charge in [0.1, 0.15) is 5.82 Å². The number of nitrogens with one attached hydrogen (secondary N) is 1. The monoisotopic (exact) mass is 289 g/mol. The molecule has 1 fully saturated rings. The molecule has 21 heavy (non-hydrogen) atoms. The predicted octanol–water partition coefficient (Wildman–Crippen LogP) is 0.840. The highest BCUT2D eigenvalue weighted by Gasteiger charge is 2.25. The van der Waals surface area contributed by atoms with E-state index in [1.165, 1.54) is 16.8 Å². The number of carbonyl (C=O) groups excluding carboxylic acids is 1. The molecule has 1 N–H and O–H groups in total. The lowest BCUT2D eigenvalue weighted by molar-refractivity contribution is 0.0737. The Morgan fingerprint density at radius 3 is 2.86 bits per heavy atom. The van der Waals surface area contributed by atoms with Gasteiger partial charge in [-0.1, -0.05) is 5.21 Å². The number of nitrogens with zero attached hydrogens (tertiary/aromatic N) is 4. The summed E-state index contributed by atoms with van der Waals surface area (Å²) in [4.78, 5) is 14.0. The summed E-state index contributed by atoms with van der Waals surface area (Å²) in [6, 6.07) is 6.04. The average molecular weight is 289 g/mol. The lowest BCUT2D eigenvalue weighted by Gasteiger charge is -2.22. The summed E-state index contributed by atoms with van der Waals surface area (Å²) in [5.74, 6) is -0.472. The molecule has 1 saturated heterocycles. The van der Waals surface area contributed by atoms with Crippen molar-refractivity contribution in [3.63, 3.8) is 0 Å². The maximum atomic E-state index is 12.9. The SMILES string of the molecule is CN(C(=O)c1cn(-c2ccc(F)cc2)nn1)C1CCNC1. The number of rotatable bonds is 3. The third-order valence-electron chi connectivity index (χ3n) is 3.71. The molecule has 0 radical (unpaired) electrons. The molecular weight excluding hydrogens is 273 g/mol. The zero-order valence-electron chi connectivity index (χ0n) is 11.7. The molecule has 0 bridgehead atoms. The average Bonchev–Trinajstić information content (AvgIpc) is 3.18. The number of hydrogen-bond acceptors (Lipinski definition) is 4. The van der Waals surface area contributed by atoms with Gasteiger partial charge in [-0.2, -0.15) is 0 Å². The van der Waals surface area contributed by atoms with Crippen molar-refractivity contribution in [3.05, 3.63) is 42.0 Å². The Kier molecular flexibility index (Phi) is 3.66. The number of carbonyl (C=O) groups is 1. The standard InChI is InChI=1S/C14H16FN5O/c1-19(12-6-7-16-8-12)14(21)13-9-20(18-17-13)11-4-2-10(15)3-5-11/h2-5,9,12,16H,6-8H2,1H3. The minimum absolute atomic E-state index is 0.155. The Hall–Kier alpha value is -2.28. The van der Waals surface area contributed by atoms with Gasteiger partial charge in [-0.15, -0.1) is 5.10 Å². The van der Waals surface area contributed by atoms with E-state index in [4.69, 9.17) is 0 Å². The number of halogens is 1. The molecule has 1 aliphatic heterocycles. The molecule has 0 aliphatic carbocycles. The van der Waals surface area contributed by atoms with Crippen LogP contribution < -0.4 is 5.32 Å². The molecule has 6 nitrogen and oxygen atoms in total. The quantitative estimate of drug-likeness (QED) is 0.909. The minimum Gasteiger partial charge on any atom is -0.336 e. The highest BCUT2D eigenvalue weighted by Crippen LogP contribution is 2.12. The molecule has 0 saturated carbocycles. The molecule has 3 rings (SSSR count). The van der Waals surface area contributed by atoms with E-state index in [2.05, 4.69) is 15.6 Å². The van der Waals surface area contributed by atoms with E-state index in [-0.39, 0.29) is 23.5 Å². The predicted molar refractivity (Wildman–Crippen MR) is 74.7 cm³/mol. The van der Waals surface area contributed by atoms with Gasteiger partial charge >= 0.3 is 0 Å². The third-order valence-corrected chi connectivity index (χ3v) is 3.71. The van der Waals surface area contributed by atoms with Crippen LogP contribution in [0.5, 0.6) is 0 Å². The van der Waals surface area contributed by atoms with E-state index in [9.17, 15) is 9.18 Å². The van der Waals surface area contributed by atoms with Crippen LogP contribution in [0.25, 0.3) is 5.69 Å². The first-order chi connectivity index (χ1) is 10.1. The smallest absolute Gasteiger partial charge is 0.276 e. The molecule has 1 aromatic heterocycles. The van der Waals surface area contributed by atoms with Crippen LogP contribution in [-0.2, 0) is 0 Å². The second kappa shape index (κ2) is 5.61. The summed E-state index contributed by atoms with van der Waals surface area (Å²) in [5, 5.41) is 11.1. The molecular formula is C14H16FN5O. The molecule has 0 spiro atoms. The fourth-order valence-electron chi connectivity index (χ4n) is 2.40. The largest absolute Gasteiger partial charge is 0.336 e. The molecule has 1 aliphatic rings. The number of aromatic nitrogens is 3. The zero-order valence-corrected chi connectivity index (χ0v) is 11.7. The first-order valence-corrected chi connectivity index (χ1v) is 6.81. The van der Waals surface area contributed by atoms with Crippen molar-refractivity contribution in [2.75, 3.05) is 20.1 Å². The highest BCUT2D eigenvalue weighted by atomic mass is 19.1. The van der Waals surface area contributed by atoms with Crippen molar-refractivity contribution in [3.8, 4) is 5.69 Å². The van der Waals surface area contributed by atoms with Gasteiger partial charge in [-0.25, -0.2) is 9.07 Å². The van der Waals surface area contributed by atoms with Crippen molar-refractivity contribution in [2.45, 2.75) is 12.5 Å². The number of benzene rings is 1. The van der Waals surface area contributed by atoms with Crippen LogP contribution in [0.15, 0.2) is 30.5 Å². The van der Waals surface area contributed by atoms with Crippen molar-refractivity contribution in [1.82, 2.24) is 25.2 Å². The summed E-state index contributed by atoms with van der Waals surface area (Å²) < 4.78 is 14.4. The van der Waals surface area contributed by atoms with Crippen molar-refractivity contribution in [1.29, 1.82) is 0 Å². The second-order valence-electron chi connectivity index (χ2n) is 5.09. The van der Waals surface area contributed by atoms with Gasteiger partial charge in [0.15, 0.2) is 5.69 Å². The van der Waals surface area contributed by atoms with Crippen molar-refractivity contribution < 1.29 is 9.18 Å². The summed E-state index contributed by atoms with van der Waals surface area (Å²) in [5.41, 5.74) is 0.946. The summed E-state index contributed by atoms with van der Waals surface area (Å²) >= 11 is 0. The van der Waals surface area contributed by atoms with Crippen molar-refractivity contribution in [2.24, 2.45) is 0 Å². The van der Waals surface area contributed by atoms with Crippen molar-refractivity contribution >= 4 is 5.91 Å². The van der Waals surface area contributed by atoms with Gasteiger partial charge in [0.2, 0.25) is 0 Å². The molecule has 1 unspecified atom stereocenters. The van der Waals surface area contributed by atoms with Crippen LogP contribution >= 0.6 is 0 Å². The van der Waals surface area contributed by atoms with Crippen LogP contribution in [0.3, 0.4) is 0 Å². The topological polar surface area (TPSA) is 63.1 Å². The minimum atomic E-state index is -0.316. The first kappa shape index (κ1) is 13.7. The van der Waals surface area contributed by atoms with Gasteiger partial charge in [-0.05, 0) is 37.2 Å². The van der Waals surface area contributed by atoms with Gasteiger partial charge in [0.05, 0.1) is 11.9 Å². The second-order valence-corrected chi connectivity index (χ2v) is 5.09. The Balaban J connectivity index is 1.77. The zero-order chi connectivity index (χ0) is 14.8. The van der Waals surface area contributed by atoms with E-state index >= 15 is 0 Å². The number of amides is 1. The van der Waals surface area contributed by atoms with E-state index in [1.807, 2.05) is 0 Å². The molecule has 110 valence electrons. The maximum absolute atomic E-state index is 12.9. The summed E-state index contributed by atoms with van der Waals surface area (Å²) in [7, 11) is 1.77. The maximum Gasteiger partial charge on any atom is 0.276 e. The van der Waals surface area contributed by atoms with Crippen LogP contribution in [-0.4, -0.2) is 52.0 Å². The lowest BCUT2D eigenvalue weighted by Crippen LogP contribution is -2.38. The molecule has 2 aromatic rings. The first-order valence-electron chi connectivity index (χ1n) is 6.81. The number of likely N-dealkylation sites (N-methyl/N-ethyl adjacent to an activating group) is 1. The van der Waals surface area contributed by atoms with Gasteiger partial charge < -0.3 is 10.2 Å². The lowest BCUT2D eigenvalue weighted by atomic mass is 10.2. The molecule has 1 aromatic carbocycles. The van der Waals surface area contributed by atoms with E-state index in [0.29, 0.717) is 5.69 Å². The fraction of sp³-hybridized carbons (Fsp3) is 0.357. The molecule has 1 amide bonds. The normalized spacial score (nSPS) is 17.9. The number of hydrogen-bond donors (Lipinski definition) is 1. The Labute approximate surface area is 121 Å². The summed E-state index contributed by atoms with van der Waals surface area (Å²) in [6.07, 6.45) is 2.50. The Morgan fingerprint density at radius 1 is 1.43 bits per heavy atom.